The Balaban J connectivity index is 0.000000527. The fourth-order valence-electron chi connectivity index (χ4n) is 1.82. The van der Waals surface area contributed by atoms with E-state index in [1.807, 2.05) is 48.5 Å². The summed E-state index contributed by atoms with van der Waals surface area (Å²) in [5.41, 5.74) is 1.87. The standard InChI is InChI=1S/C16H17BrN2O2.C2H2O4/c1-21-13-8-6-12(7-9-13)10-18-11-16(20)19-15-5-3-2-4-14(15)17;3-1(4)2(5)6/h2-9,18H,10-11H2,1H3,(H,19,20);(H,3,4)(H,5,6). The number of carboxylic acid groups (broad SMARTS) is 2. The third kappa shape index (κ3) is 8.84. The van der Waals surface area contributed by atoms with Gasteiger partial charge in [-0.1, -0.05) is 24.3 Å². The van der Waals surface area contributed by atoms with Crippen LogP contribution in [0.5, 0.6) is 5.75 Å². The number of hydrogen-bond acceptors (Lipinski definition) is 5. The number of nitrogens with one attached hydrogen (secondary N) is 2. The number of halogens is 1. The lowest BCUT2D eigenvalue weighted by atomic mass is 10.2. The Labute approximate surface area is 164 Å². The van der Waals surface area contributed by atoms with Gasteiger partial charge >= 0.3 is 11.9 Å². The Morgan fingerprint density at radius 3 is 2.11 bits per heavy atom. The van der Waals surface area contributed by atoms with Crippen molar-refractivity contribution >= 4 is 39.5 Å². The molecule has 0 bridgehead atoms. The molecule has 0 spiro atoms. The molecule has 0 aliphatic heterocycles. The summed E-state index contributed by atoms with van der Waals surface area (Å²) in [7, 11) is 1.64. The Morgan fingerprint density at radius 2 is 1.59 bits per heavy atom. The molecule has 0 saturated carbocycles. The normalized spacial score (nSPS) is 9.56. The first kappa shape index (κ1) is 22.1. The molecule has 0 aliphatic rings. The number of anilines is 1. The van der Waals surface area contributed by atoms with Crippen molar-refractivity contribution in [2.75, 3.05) is 19.0 Å². The topological polar surface area (TPSA) is 125 Å². The molecule has 1 amide bonds. The smallest absolute Gasteiger partial charge is 0.414 e. The minimum Gasteiger partial charge on any atom is -0.497 e. The maximum atomic E-state index is 11.8. The predicted molar refractivity (Wildman–Crippen MR) is 103 cm³/mol. The van der Waals surface area contributed by atoms with Crippen LogP contribution in [0.4, 0.5) is 5.69 Å². The molecule has 0 aromatic heterocycles. The Bertz CT molecular complexity index is 768. The summed E-state index contributed by atoms with van der Waals surface area (Å²) >= 11 is 3.40. The lowest BCUT2D eigenvalue weighted by Gasteiger charge is -2.08. The summed E-state index contributed by atoms with van der Waals surface area (Å²) in [4.78, 5) is 30.0. The summed E-state index contributed by atoms with van der Waals surface area (Å²) in [6.07, 6.45) is 0. The van der Waals surface area contributed by atoms with Crippen molar-refractivity contribution in [2.45, 2.75) is 6.54 Å². The average Bonchev–Trinajstić information content (AvgIpc) is 2.64. The third-order valence-corrected chi connectivity index (χ3v) is 3.80. The van der Waals surface area contributed by atoms with Gasteiger partial charge in [0.15, 0.2) is 0 Å². The molecule has 0 fully saturated rings. The van der Waals surface area contributed by atoms with E-state index < -0.39 is 11.9 Å². The second-order valence-electron chi connectivity index (χ2n) is 5.09. The fraction of sp³-hybridized carbons (Fsp3) is 0.167. The minimum atomic E-state index is -1.82. The highest BCUT2D eigenvalue weighted by molar-refractivity contribution is 9.10. The van der Waals surface area contributed by atoms with E-state index in [9.17, 15) is 4.79 Å². The van der Waals surface area contributed by atoms with E-state index in [1.54, 1.807) is 7.11 Å². The Kier molecular flexibility index (Phi) is 9.55. The van der Waals surface area contributed by atoms with Crippen molar-refractivity contribution < 1.29 is 29.3 Å². The number of carbonyl (C=O) groups excluding carboxylic acids is 1. The molecular weight excluding hydrogens is 420 g/mol. The molecule has 0 radical (unpaired) electrons. The number of hydrogen-bond donors (Lipinski definition) is 4. The summed E-state index contributed by atoms with van der Waals surface area (Å²) < 4.78 is 5.97. The van der Waals surface area contributed by atoms with Crippen molar-refractivity contribution in [3.8, 4) is 5.75 Å². The van der Waals surface area contributed by atoms with Gasteiger partial charge in [0.05, 0.1) is 19.3 Å². The molecular formula is C18H19BrN2O6. The predicted octanol–water partition coefficient (Wildman–Crippen LogP) is 2.34. The van der Waals surface area contributed by atoms with Crippen molar-refractivity contribution in [2.24, 2.45) is 0 Å². The quantitative estimate of drug-likeness (QED) is 0.510. The zero-order valence-electron chi connectivity index (χ0n) is 14.4. The highest BCUT2D eigenvalue weighted by Crippen LogP contribution is 2.20. The maximum Gasteiger partial charge on any atom is 0.414 e. The molecule has 27 heavy (non-hydrogen) atoms. The van der Waals surface area contributed by atoms with Crippen LogP contribution in [-0.4, -0.2) is 41.7 Å². The average molecular weight is 439 g/mol. The number of methoxy groups -OCH3 is 1. The number of carboxylic acids is 2. The van der Waals surface area contributed by atoms with Crippen molar-refractivity contribution in [1.29, 1.82) is 0 Å². The Morgan fingerprint density at radius 1 is 1.00 bits per heavy atom. The zero-order chi connectivity index (χ0) is 20.2. The minimum absolute atomic E-state index is 0.0737. The van der Waals surface area contributed by atoms with Crippen LogP contribution in [0.25, 0.3) is 0 Å². The fourth-order valence-corrected chi connectivity index (χ4v) is 2.20. The van der Waals surface area contributed by atoms with E-state index in [0.717, 1.165) is 21.5 Å². The van der Waals surface area contributed by atoms with Gasteiger partial charge in [-0.15, -0.1) is 0 Å². The summed E-state index contributed by atoms with van der Waals surface area (Å²) in [5.74, 6) is -2.90. The molecule has 0 unspecified atom stereocenters. The maximum absolute atomic E-state index is 11.8. The largest absolute Gasteiger partial charge is 0.497 e. The summed E-state index contributed by atoms with van der Waals surface area (Å²) in [6.45, 7) is 0.890. The first-order valence-corrected chi connectivity index (χ1v) is 8.47. The lowest BCUT2D eigenvalue weighted by molar-refractivity contribution is -0.159. The monoisotopic (exact) mass is 438 g/mol. The highest BCUT2D eigenvalue weighted by atomic mass is 79.9. The van der Waals surface area contributed by atoms with Crippen LogP contribution < -0.4 is 15.4 Å². The second kappa shape index (κ2) is 11.7. The number of amides is 1. The van der Waals surface area contributed by atoms with Crippen LogP contribution >= 0.6 is 15.9 Å². The number of benzene rings is 2. The zero-order valence-corrected chi connectivity index (χ0v) is 16.0. The van der Waals surface area contributed by atoms with E-state index in [4.69, 9.17) is 24.5 Å². The molecule has 2 aromatic carbocycles. The number of para-hydroxylation sites is 1. The van der Waals surface area contributed by atoms with E-state index in [0.29, 0.717) is 6.54 Å². The van der Waals surface area contributed by atoms with Crippen LogP contribution in [0.3, 0.4) is 0 Å². The first-order valence-electron chi connectivity index (χ1n) is 7.67. The second-order valence-corrected chi connectivity index (χ2v) is 5.94. The number of ether oxygens (including phenoxy) is 1. The third-order valence-electron chi connectivity index (χ3n) is 3.10. The molecule has 4 N–H and O–H groups in total. The van der Waals surface area contributed by atoms with E-state index in [-0.39, 0.29) is 12.5 Å². The van der Waals surface area contributed by atoms with Crippen molar-refractivity contribution in [3.63, 3.8) is 0 Å². The van der Waals surface area contributed by atoms with Gasteiger partial charge in [-0.2, -0.15) is 0 Å². The van der Waals surface area contributed by atoms with Crippen molar-refractivity contribution in [3.05, 3.63) is 58.6 Å². The van der Waals surface area contributed by atoms with Gasteiger partial charge in [0, 0.05) is 11.0 Å². The molecule has 0 heterocycles. The molecule has 0 aliphatic carbocycles. The van der Waals surface area contributed by atoms with E-state index >= 15 is 0 Å². The van der Waals surface area contributed by atoms with Gasteiger partial charge in [-0.25, -0.2) is 9.59 Å². The van der Waals surface area contributed by atoms with Crippen LogP contribution in [0.1, 0.15) is 5.56 Å². The van der Waals surface area contributed by atoms with Crippen molar-refractivity contribution in [1.82, 2.24) is 5.32 Å². The first-order chi connectivity index (χ1) is 12.8. The molecule has 0 saturated heterocycles. The number of rotatable bonds is 6. The van der Waals surface area contributed by atoms with Crippen LogP contribution in [0.15, 0.2) is 53.0 Å². The Hall–Kier alpha value is -2.91. The van der Waals surface area contributed by atoms with Crippen LogP contribution in [0.2, 0.25) is 0 Å². The van der Waals surface area contributed by atoms with Gasteiger partial charge in [-0.05, 0) is 45.8 Å². The summed E-state index contributed by atoms with van der Waals surface area (Å²) in [5, 5.41) is 20.7. The molecule has 9 heteroatoms. The summed E-state index contributed by atoms with van der Waals surface area (Å²) in [6, 6.07) is 15.3. The molecule has 144 valence electrons. The van der Waals surface area contributed by atoms with Gasteiger partial charge in [0.2, 0.25) is 5.91 Å². The van der Waals surface area contributed by atoms with Crippen LogP contribution in [-0.2, 0) is 20.9 Å². The lowest BCUT2D eigenvalue weighted by Crippen LogP contribution is -2.27. The van der Waals surface area contributed by atoms with Gasteiger partial charge < -0.3 is 25.6 Å². The van der Waals surface area contributed by atoms with Gasteiger partial charge in [0.1, 0.15) is 5.75 Å². The SMILES string of the molecule is COc1ccc(CNCC(=O)Nc2ccccc2Br)cc1.O=C(O)C(=O)O. The molecule has 8 nitrogen and oxygen atoms in total. The van der Waals surface area contributed by atoms with Gasteiger partial charge in [-0.3, -0.25) is 4.79 Å². The molecule has 2 rings (SSSR count). The molecule has 2 aromatic rings. The number of carbonyl (C=O) groups is 3. The molecule has 0 atom stereocenters. The number of aliphatic carboxylic acids is 2. The van der Waals surface area contributed by atoms with E-state index in [2.05, 4.69) is 26.6 Å². The van der Waals surface area contributed by atoms with Gasteiger partial charge in [0.25, 0.3) is 0 Å². The van der Waals surface area contributed by atoms with Crippen LogP contribution in [0, 0.1) is 0 Å². The van der Waals surface area contributed by atoms with E-state index in [1.165, 1.54) is 0 Å². The highest BCUT2D eigenvalue weighted by Gasteiger charge is 2.05.